The quantitative estimate of drug-likeness (QED) is 0.0211. The molecule has 0 spiro atoms. The molecule has 2 aliphatic heterocycles. The standard InChI is InChI=1S/C49H86O15/c1-3-5-7-9-11-13-15-16-17-18-19-20-22-23-25-27-29-31-40(51)59-34-37(62-41(52)32-30-28-26-24-21-14-12-10-8-6-4-2)35-60-48-47(58)45(56)43(54)39(64-48)36-61-49-46(57)44(55)42(53)38(33-50)63-49/h10-13,16-17,37-39,42-50,53-58H,3-9,14-15,18-36H2,1-2H3/b12-10+,13-11+,17-16+/t37-,38+,39+,42-,43-,44?,45?,46?,47?,48+,49+/m0/s1. The number of hydrogen-bond donors (Lipinski definition) is 7. The van der Waals surface area contributed by atoms with E-state index in [2.05, 4.69) is 50.3 Å². The Labute approximate surface area is 383 Å². The van der Waals surface area contributed by atoms with Crippen LogP contribution in [0.25, 0.3) is 0 Å². The highest BCUT2D eigenvalue weighted by Gasteiger charge is 2.47. The van der Waals surface area contributed by atoms with Gasteiger partial charge in [-0.1, -0.05) is 127 Å². The molecule has 2 saturated heterocycles. The summed E-state index contributed by atoms with van der Waals surface area (Å²) in [6, 6.07) is 0. The van der Waals surface area contributed by atoms with Gasteiger partial charge in [0.1, 0.15) is 55.4 Å². The minimum Gasteiger partial charge on any atom is -0.462 e. The monoisotopic (exact) mass is 915 g/mol. The molecule has 0 aromatic heterocycles. The van der Waals surface area contributed by atoms with E-state index in [0.29, 0.717) is 12.8 Å². The number of ether oxygens (including phenoxy) is 6. The van der Waals surface area contributed by atoms with Crippen molar-refractivity contribution in [2.75, 3.05) is 26.4 Å². The fraction of sp³-hybridized carbons (Fsp3) is 0.837. The summed E-state index contributed by atoms with van der Waals surface area (Å²) < 4.78 is 33.5. The molecule has 11 atom stereocenters. The Morgan fingerprint density at radius 3 is 1.52 bits per heavy atom. The average Bonchev–Trinajstić information content (AvgIpc) is 3.29. The molecule has 15 heteroatoms. The summed E-state index contributed by atoms with van der Waals surface area (Å²) in [5.74, 6) is -0.946. The highest BCUT2D eigenvalue weighted by atomic mass is 16.7. The molecule has 0 aromatic carbocycles. The van der Waals surface area contributed by atoms with E-state index in [4.69, 9.17) is 28.4 Å². The molecule has 0 aromatic rings. The molecule has 2 fully saturated rings. The topological polar surface area (TPSA) is 231 Å². The number of carbonyl (C=O) groups excluding carboxylic acids is 2. The van der Waals surface area contributed by atoms with Gasteiger partial charge in [0.2, 0.25) is 0 Å². The van der Waals surface area contributed by atoms with E-state index >= 15 is 0 Å². The number of esters is 2. The maximum absolute atomic E-state index is 12.9. The van der Waals surface area contributed by atoms with Crippen LogP contribution in [0, 0.1) is 0 Å². The van der Waals surface area contributed by atoms with Gasteiger partial charge < -0.3 is 64.2 Å². The lowest BCUT2D eigenvalue weighted by Crippen LogP contribution is -2.61. The Morgan fingerprint density at radius 1 is 0.500 bits per heavy atom. The van der Waals surface area contributed by atoms with Gasteiger partial charge in [-0.15, -0.1) is 0 Å². The van der Waals surface area contributed by atoms with Crippen molar-refractivity contribution in [3.63, 3.8) is 0 Å². The Hall–Kier alpha value is -2.28. The first kappa shape index (κ1) is 57.8. The highest BCUT2D eigenvalue weighted by molar-refractivity contribution is 5.70. The molecule has 4 unspecified atom stereocenters. The van der Waals surface area contributed by atoms with E-state index in [1.807, 2.05) is 0 Å². The normalized spacial score (nSPS) is 26.9. The molecule has 0 saturated carbocycles. The smallest absolute Gasteiger partial charge is 0.306 e. The largest absolute Gasteiger partial charge is 0.462 e. The molecule has 2 heterocycles. The number of aliphatic hydroxyl groups is 7. The Balaban J connectivity index is 1.82. The third-order valence-electron chi connectivity index (χ3n) is 11.6. The van der Waals surface area contributed by atoms with Crippen LogP contribution in [0.3, 0.4) is 0 Å². The lowest BCUT2D eigenvalue weighted by atomic mass is 9.98. The van der Waals surface area contributed by atoms with E-state index in [1.165, 1.54) is 51.4 Å². The number of hydrogen-bond acceptors (Lipinski definition) is 15. The van der Waals surface area contributed by atoms with Crippen LogP contribution < -0.4 is 0 Å². The first-order valence-corrected chi connectivity index (χ1v) is 24.6. The second-order valence-electron chi connectivity index (χ2n) is 17.3. The van der Waals surface area contributed by atoms with Crippen molar-refractivity contribution in [3.05, 3.63) is 36.5 Å². The summed E-state index contributed by atoms with van der Waals surface area (Å²) in [4.78, 5) is 25.7. The predicted molar refractivity (Wildman–Crippen MR) is 243 cm³/mol. The van der Waals surface area contributed by atoms with Gasteiger partial charge in [0.25, 0.3) is 0 Å². The van der Waals surface area contributed by atoms with E-state index in [9.17, 15) is 45.3 Å². The van der Waals surface area contributed by atoms with Crippen LogP contribution in [0.1, 0.15) is 168 Å². The third-order valence-corrected chi connectivity index (χ3v) is 11.6. The lowest BCUT2D eigenvalue weighted by Gasteiger charge is -2.42. The molecule has 7 N–H and O–H groups in total. The van der Waals surface area contributed by atoms with Crippen LogP contribution in [0.2, 0.25) is 0 Å². The van der Waals surface area contributed by atoms with Gasteiger partial charge in [-0.25, -0.2) is 0 Å². The van der Waals surface area contributed by atoms with Gasteiger partial charge in [0, 0.05) is 12.8 Å². The fourth-order valence-corrected chi connectivity index (χ4v) is 7.46. The van der Waals surface area contributed by atoms with Crippen molar-refractivity contribution in [2.45, 2.75) is 235 Å². The van der Waals surface area contributed by atoms with Crippen LogP contribution in [-0.2, 0) is 38.0 Å². The first-order valence-electron chi connectivity index (χ1n) is 24.6. The predicted octanol–water partition coefficient (Wildman–Crippen LogP) is 6.15. The van der Waals surface area contributed by atoms with Crippen molar-refractivity contribution in [1.29, 1.82) is 0 Å². The number of aliphatic hydroxyl groups excluding tert-OH is 7. The lowest BCUT2D eigenvalue weighted by molar-refractivity contribution is -0.332. The van der Waals surface area contributed by atoms with Gasteiger partial charge in [0.05, 0.1) is 19.8 Å². The van der Waals surface area contributed by atoms with Crippen LogP contribution in [0.5, 0.6) is 0 Å². The molecular weight excluding hydrogens is 829 g/mol. The van der Waals surface area contributed by atoms with Gasteiger partial charge in [-0.2, -0.15) is 0 Å². The van der Waals surface area contributed by atoms with Crippen LogP contribution in [0.15, 0.2) is 36.5 Å². The van der Waals surface area contributed by atoms with Crippen molar-refractivity contribution in [3.8, 4) is 0 Å². The van der Waals surface area contributed by atoms with E-state index in [0.717, 1.165) is 77.0 Å². The zero-order chi connectivity index (χ0) is 46.8. The zero-order valence-electron chi connectivity index (χ0n) is 39.0. The maximum atomic E-state index is 12.9. The van der Waals surface area contributed by atoms with Crippen molar-refractivity contribution in [1.82, 2.24) is 0 Å². The summed E-state index contributed by atoms with van der Waals surface area (Å²) in [6.07, 6.45) is 20.4. The van der Waals surface area contributed by atoms with Crippen LogP contribution in [0.4, 0.5) is 0 Å². The second-order valence-corrected chi connectivity index (χ2v) is 17.3. The summed E-state index contributed by atoms with van der Waals surface area (Å²) in [7, 11) is 0. The van der Waals surface area contributed by atoms with Crippen molar-refractivity contribution in [2.24, 2.45) is 0 Å². The number of allylic oxidation sites excluding steroid dienone is 6. The molecule has 2 aliphatic rings. The van der Waals surface area contributed by atoms with Crippen LogP contribution in [-0.4, -0.2) is 142 Å². The minimum absolute atomic E-state index is 0.153. The summed E-state index contributed by atoms with van der Waals surface area (Å²) in [5.41, 5.74) is 0. The van der Waals surface area contributed by atoms with E-state index in [1.54, 1.807) is 0 Å². The average molecular weight is 915 g/mol. The third kappa shape index (κ3) is 25.0. The fourth-order valence-electron chi connectivity index (χ4n) is 7.46. The SMILES string of the molecule is CCCC/C=C/CCCCCCCC(=O)O[C@@H](COC(=O)CCCCCCCCC/C=C/C/C=C/CCCCC)CO[C@@H]1O[C@H](CO[C@@H]2O[C@H](CO)[C@H](O)C(O)C2O)[C@H](O)C(O)C1O. The molecule has 0 amide bonds. The molecule has 2 rings (SSSR count). The number of unbranched alkanes of at least 4 members (excludes halogenated alkanes) is 17. The molecule has 15 nitrogen and oxygen atoms in total. The van der Waals surface area contributed by atoms with E-state index in [-0.39, 0.29) is 26.1 Å². The van der Waals surface area contributed by atoms with Gasteiger partial charge >= 0.3 is 11.9 Å². The minimum atomic E-state index is -1.77. The number of carbonyl (C=O) groups is 2. The van der Waals surface area contributed by atoms with Gasteiger partial charge in [0.15, 0.2) is 18.7 Å². The highest BCUT2D eigenvalue weighted by Crippen LogP contribution is 2.26. The Morgan fingerprint density at radius 2 is 0.953 bits per heavy atom. The zero-order valence-corrected chi connectivity index (χ0v) is 39.0. The maximum Gasteiger partial charge on any atom is 0.306 e. The molecule has 64 heavy (non-hydrogen) atoms. The second kappa shape index (κ2) is 36.8. The molecule has 0 aliphatic carbocycles. The van der Waals surface area contributed by atoms with Crippen LogP contribution >= 0.6 is 0 Å². The molecule has 0 radical (unpaired) electrons. The van der Waals surface area contributed by atoms with Crippen molar-refractivity contribution >= 4 is 11.9 Å². The van der Waals surface area contributed by atoms with E-state index < -0.39 is 92.7 Å². The van der Waals surface area contributed by atoms with Gasteiger partial charge in [-0.05, 0) is 64.2 Å². The van der Waals surface area contributed by atoms with Gasteiger partial charge in [-0.3, -0.25) is 9.59 Å². The Kier molecular flexibility index (Phi) is 33.3. The first-order chi connectivity index (χ1) is 31.0. The molecular formula is C49H86O15. The molecule has 372 valence electrons. The van der Waals surface area contributed by atoms with Crippen molar-refractivity contribution < 1.29 is 73.8 Å². The molecule has 0 bridgehead atoms. The summed E-state index contributed by atoms with van der Waals surface area (Å²) >= 11 is 0. The number of rotatable bonds is 37. The Bertz CT molecular complexity index is 1260. The summed E-state index contributed by atoms with van der Waals surface area (Å²) in [5, 5.41) is 71.9. The summed E-state index contributed by atoms with van der Waals surface area (Å²) in [6.45, 7) is 2.49.